The summed E-state index contributed by atoms with van der Waals surface area (Å²) in [7, 11) is 3.45. The van der Waals surface area contributed by atoms with E-state index in [2.05, 4.69) is 31.8 Å². The van der Waals surface area contributed by atoms with Crippen molar-refractivity contribution in [2.45, 2.75) is 26.2 Å². The van der Waals surface area contributed by atoms with E-state index in [-0.39, 0.29) is 6.04 Å². The van der Waals surface area contributed by atoms with E-state index in [0.29, 0.717) is 41.8 Å². The van der Waals surface area contributed by atoms with E-state index in [0.717, 1.165) is 11.1 Å². The Morgan fingerprint density at radius 1 is 1.29 bits per heavy atom. The molecule has 0 atom stereocenters. The van der Waals surface area contributed by atoms with Crippen LogP contribution < -0.4 is 15.5 Å². The lowest BCUT2D eigenvalue weighted by Crippen LogP contribution is -2.32. The normalized spacial score (nSPS) is 13.6. The van der Waals surface area contributed by atoms with Gasteiger partial charge in [0.15, 0.2) is 0 Å². The zero-order valence-electron chi connectivity index (χ0n) is 19.4. The number of aromatic nitrogens is 4. The molecule has 1 aliphatic heterocycles. The number of urea groups is 1. The quantitative estimate of drug-likeness (QED) is 0.571. The fourth-order valence-corrected chi connectivity index (χ4v) is 3.49. The number of carbonyl (C=O) groups excluding carboxylic acids is 1. The van der Waals surface area contributed by atoms with Crippen molar-refractivity contribution >= 4 is 23.4 Å². The molecule has 1 saturated heterocycles. The summed E-state index contributed by atoms with van der Waals surface area (Å²) in [6.07, 6.45) is 4.42. The van der Waals surface area contributed by atoms with Crippen LogP contribution in [0.1, 0.15) is 31.4 Å². The van der Waals surface area contributed by atoms with Crippen molar-refractivity contribution in [1.82, 2.24) is 19.7 Å². The Morgan fingerprint density at radius 2 is 2.06 bits per heavy atom. The molecule has 11 nitrogen and oxygen atoms in total. The molecule has 34 heavy (non-hydrogen) atoms. The SMILES string of the molecule is CC(C)Nc1cc(NC(=O)N(C)c2ccc(-c3cnn(C)c3)c(C3OCCO3)n2)ncc1C#N. The van der Waals surface area contributed by atoms with E-state index in [1.54, 1.807) is 30.1 Å². The molecular formula is C23H26N8O3. The van der Waals surface area contributed by atoms with Crippen molar-refractivity contribution in [1.29, 1.82) is 5.26 Å². The van der Waals surface area contributed by atoms with Gasteiger partial charge in [0, 0.05) is 49.7 Å². The third-order valence-electron chi connectivity index (χ3n) is 5.12. The van der Waals surface area contributed by atoms with Gasteiger partial charge in [-0.25, -0.2) is 14.8 Å². The molecule has 0 aliphatic carbocycles. The lowest BCUT2D eigenvalue weighted by atomic mass is 10.1. The topological polar surface area (TPSA) is 130 Å². The summed E-state index contributed by atoms with van der Waals surface area (Å²) < 4.78 is 13.1. The van der Waals surface area contributed by atoms with Crippen molar-refractivity contribution in [2.75, 3.05) is 35.8 Å². The second-order valence-corrected chi connectivity index (χ2v) is 8.09. The number of hydrogen-bond donors (Lipinski definition) is 2. The fraction of sp³-hybridized carbons (Fsp3) is 0.348. The number of nitrogens with one attached hydrogen (secondary N) is 2. The lowest BCUT2D eigenvalue weighted by molar-refractivity contribution is -0.0467. The van der Waals surface area contributed by atoms with Gasteiger partial charge in [-0.05, 0) is 26.0 Å². The number of amides is 2. The Bertz CT molecular complexity index is 1230. The van der Waals surface area contributed by atoms with E-state index in [9.17, 15) is 10.1 Å². The molecule has 0 spiro atoms. The van der Waals surface area contributed by atoms with Gasteiger partial charge in [-0.2, -0.15) is 10.4 Å². The number of hydrogen-bond acceptors (Lipinski definition) is 8. The Morgan fingerprint density at radius 3 is 2.71 bits per heavy atom. The molecule has 0 bridgehead atoms. The van der Waals surface area contributed by atoms with Gasteiger partial charge in [0.1, 0.15) is 23.4 Å². The molecule has 176 valence electrons. The summed E-state index contributed by atoms with van der Waals surface area (Å²) in [5, 5.41) is 19.5. The monoisotopic (exact) mass is 462 g/mol. The smallest absolute Gasteiger partial charge is 0.328 e. The van der Waals surface area contributed by atoms with E-state index in [1.165, 1.54) is 11.1 Å². The molecule has 3 aromatic heterocycles. The van der Waals surface area contributed by atoms with Gasteiger partial charge in [0.25, 0.3) is 0 Å². The minimum absolute atomic E-state index is 0.113. The zero-order valence-corrected chi connectivity index (χ0v) is 19.4. The third-order valence-corrected chi connectivity index (χ3v) is 5.12. The summed E-state index contributed by atoms with van der Waals surface area (Å²) in [5.74, 6) is 0.724. The number of carbonyl (C=O) groups is 1. The van der Waals surface area contributed by atoms with Crippen molar-refractivity contribution in [3.63, 3.8) is 0 Å². The number of aryl methyl sites for hydroxylation is 1. The maximum atomic E-state index is 13.0. The first-order valence-electron chi connectivity index (χ1n) is 10.8. The van der Waals surface area contributed by atoms with E-state index >= 15 is 0 Å². The Labute approximate surface area is 197 Å². The van der Waals surface area contributed by atoms with Gasteiger partial charge in [0.05, 0.1) is 30.7 Å². The van der Waals surface area contributed by atoms with Crippen LogP contribution in [0.15, 0.2) is 36.8 Å². The molecule has 1 fully saturated rings. The Hall–Kier alpha value is -4.01. The number of nitrogens with zero attached hydrogens (tertiary/aromatic N) is 6. The second kappa shape index (κ2) is 9.86. The van der Waals surface area contributed by atoms with Crippen molar-refractivity contribution in [2.24, 2.45) is 7.05 Å². The molecule has 4 heterocycles. The molecule has 0 unspecified atom stereocenters. The largest absolute Gasteiger partial charge is 0.382 e. The molecular weight excluding hydrogens is 436 g/mol. The summed E-state index contributed by atoms with van der Waals surface area (Å²) in [6.45, 7) is 4.86. The summed E-state index contributed by atoms with van der Waals surface area (Å²) in [5.41, 5.74) is 3.25. The van der Waals surface area contributed by atoms with Crippen molar-refractivity contribution in [3.05, 3.63) is 48.0 Å². The lowest BCUT2D eigenvalue weighted by Gasteiger charge is -2.20. The fourth-order valence-electron chi connectivity index (χ4n) is 3.49. The molecule has 3 aromatic rings. The highest BCUT2D eigenvalue weighted by Crippen LogP contribution is 2.33. The van der Waals surface area contributed by atoms with E-state index < -0.39 is 12.3 Å². The molecule has 0 saturated carbocycles. The van der Waals surface area contributed by atoms with Crippen LogP contribution in [0.3, 0.4) is 0 Å². The average Bonchev–Trinajstić information content (AvgIpc) is 3.50. The van der Waals surface area contributed by atoms with Crippen molar-refractivity contribution in [3.8, 4) is 17.2 Å². The summed E-state index contributed by atoms with van der Waals surface area (Å²) in [6, 6.07) is 7.02. The standard InChI is InChI=1S/C23H26N8O3/c1-14(2)27-18-9-19(25-11-15(18)10-24)28-23(32)31(4)20-6-5-17(16-12-26-30(3)13-16)21(29-20)22-33-7-8-34-22/h5-6,9,11-14,22H,7-8H2,1-4H3,(H2,25,27,28,32). The van der Waals surface area contributed by atoms with Gasteiger partial charge in [-0.15, -0.1) is 0 Å². The third kappa shape index (κ3) is 4.98. The van der Waals surface area contributed by atoms with E-state index in [1.807, 2.05) is 33.2 Å². The average molecular weight is 463 g/mol. The first-order valence-corrected chi connectivity index (χ1v) is 10.8. The molecule has 4 rings (SSSR count). The molecule has 2 amide bonds. The maximum Gasteiger partial charge on any atom is 0.328 e. The number of ether oxygens (including phenoxy) is 2. The van der Waals surface area contributed by atoms with Crippen molar-refractivity contribution < 1.29 is 14.3 Å². The maximum absolute atomic E-state index is 13.0. The zero-order chi connectivity index (χ0) is 24.2. The predicted octanol–water partition coefficient (Wildman–Crippen LogP) is 3.28. The Balaban J connectivity index is 1.59. The van der Waals surface area contributed by atoms with Crippen LogP contribution in [0.2, 0.25) is 0 Å². The van der Waals surface area contributed by atoms with Gasteiger partial charge in [-0.1, -0.05) is 0 Å². The molecule has 0 aromatic carbocycles. The van der Waals surface area contributed by atoms with Crippen LogP contribution in [0, 0.1) is 11.3 Å². The molecule has 11 heteroatoms. The van der Waals surface area contributed by atoms with Crippen LogP contribution in [0.25, 0.3) is 11.1 Å². The minimum Gasteiger partial charge on any atom is -0.382 e. The summed E-state index contributed by atoms with van der Waals surface area (Å²) in [4.78, 5) is 23.2. The number of pyridine rings is 2. The highest BCUT2D eigenvalue weighted by Gasteiger charge is 2.26. The second-order valence-electron chi connectivity index (χ2n) is 8.09. The van der Waals surface area contributed by atoms with Crippen LogP contribution in [0.4, 0.5) is 22.1 Å². The van der Waals surface area contributed by atoms with Gasteiger partial charge >= 0.3 is 6.03 Å². The first kappa shape index (κ1) is 23.2. The highest BCUT2D eigenvalue weighted by molar-refractivity contribution is 6.00. The van der Waals surface area contributed by atoms with Gasteiger partial charge in [0.2, 0.25) is 6.29 Å². The highest BCUT2D eigenvalue weighted by atomic mass is 16.7. The molecule has 1 aliphatic rings. The van der Waals surface area contributed by atoms with Crippen LogP contribution in [-0.2, 0) is 16.5 Å². The summed E-state index contributed by atoms with van der Waals surface area (Å²) >= 11 is 0. The van der Waals surface area contributed by atoms with E-state index in [4.69, 9.17) is 9.47 Å². The molecule has 0 radical (unpaired) electrons. The van der Waals surface area contributed by atoms with Crippen LogP contribution in [-0.4, -0.2) is 52.1 Å². The molecule has 2 N–H and O–H groups in total. The van der Waals surface area contributed by atoms with Crippen LogP contribution in [0.5, 0.6) is 0 Å². The number of rotatable bonds is 6. The van der Waals surface area contributed by atoms with Gasteiger partial charge in [-0.3, -0.25) is 14.9 Å². The number of anilines is 3. The first-order chi connectivity index (χ1) is 16.4. The Kier molecular flexibility index (Phi) is 6.72. The van der Waals surface area contributed by atoms with Gasteiger partial charge < -0.3 is 14.8 Å². The number of nitriles is 1. The van der Waals surface area contributed by atoms with Crippen LogP contribution >= 0.6 is 0 Å². The minimum atomic E-state index is -0.628. The predicted molar refractivity (Wildman–Crippen MR) is 126 cm³/mol.